The molecule has 0 radical (unpaired) electrons. The van der Waals surface area contributed by atoms with E-state index in [0.29, 0.717) is 6.61 Å². The van der Waals surface area contributed by atoms with Crippen LogP contribution in [-0.4, -0.2) is 19.5 Å². The first-order valence-corrected chi connectivity index (χ1v) is 5.65. The van der Waals surface area contributed by atoms with Crippen molar-refractivity contribution in [2.45, 2.75) is 45.3 Å². The molecular weight excluding hydrogens is 188 g/mol. The van der Waals surface area contributed by atoms with Gasteiger partial charge in [-0.2, -0.15) is 0 Å². The van der Waals surface area contributed by atoms with Gasteiger partial charge in [-0.25, -0.2) is 0 Å². The Balaban J connectivity index is 2.11. The lowest BCUT2D eigenvalue weighted by Crippen LogP contribution is -2.22. The van der Waals surface area contributed by atoms with E-state index in [1.54, 1.807) is 0 Å². The Hall–Kier alpha value is -0.780. The Morgan fingerprint density at radius 2 is 2.47 bits per heavy atom. The molecule has 84 valence electrons. The molecule has 0 bridgehead atoms. The molecule has 1 fully saturated rings. The molecule has 1 saturated heterocycles. The van der Waals surface area contributed by atoms with Crippen LogP contribution in [0.2, 0.25) is 0 Å². The molecule has 15 heavy (non-hydrogen) atoms. The first-order chi connectivity index (χ1) is 7.33. The zero-order valence-electron chi connectivity index (χ0n) is 9.50. The number of terminal acetylenes is 1. The molecule has 2 heteroatoms. The van der Waals surface area contributed by atoms with E-state index >= 15 is 0 Å². The van der Waals surface area contributed by atoms with Gasteiger partial charge in [-0.15, -0.1) is 12.3 Å². The van der Waals surface area contributed by atoms with Crippen molar-refractivity contribution >= 4 is 0 Å². The van der Waals surface area contributed by atoms with Gasteiger partial charge in [0.25, 0.3) is 0 Å². The third-order valence-corrected chi connectivity index (χ3v) is 2.52. The number of rotatable bonds is 5. The monoisotopic (exact) mass is 208 g/mol. The molecule has 1 unspecified atom stereocenters. The van der Waals surface area contributed by atoms with Crippen molar-refractivity contribution in [1.82, 2.24) is 0 Å². The van der Waals surface area contributed by atoms with Crippen molar-refractivity contribution in [3.8, 4) is 12.3 Å². The first kappa shape index (κ1) is 12.3. The van der Waals surface area contributed by atoms with Gasteiger partial charge < -0.3 is 9.47 Å². The molecule has 0 aromatic carbocycles. The van der Waals surface area contributed by atoms with Gasteiger partial charge in [-0.1, -0.05) is 11.6 Å². The Morgan fingerprint density at radius 1 is 1.60 bits per heavy atom. The zero-order chi connectivity index (χ0) is 10.9. The number of allylic oxidation sites excluding steroid dienone is 1. The van der Waals surface area contributed by atoms with Crippen molar-refractivity contribution in [3.63, 3.8) is 0 Å². The standard InChI is InChI=1S/C13H20O2/c1-3-4-7-12(2)9-11-15-13-8-5-6-10-14-13/h1,9,13H,4-8,10-11H2,2H3/b12-9+. The van der Waals surface area contributed by atoms with Crippen LogP contribution < -0.4 is 0 Å². The summed E-state index contributed by atoms with van der Waals surface area (Å²) in [4.78, 5) is 0. The van der Waals surface area contributed by atoms with E-state index in [4.69, 9.17) is 15.9 Å². The first-order valence-electron chi connectivity index (χ1n) is 5.65. The molecule has 0 aromatic rings. The lowest BCUT2D eigenvalue weighted by atomic mass is 10.1. The van der Waals surface area contributed by atoms with Crippen molar-refractivity contribution in [2.75, 3.05) is 13.2 Å². The highest BCUT2D eigenvalue weighted by Crippen LogP contribution is 2.13. The maximum atomic E-state index is 5.58. The number of ether oxygens (including phenoxy) is 2. The summed E-state index contributed by atoms with van der Waals surface area (Å²) in [5.41, 5.74) is 1.30. The summed E-state index contributed by atoms with van der Waals surface area (Å²) in [7, 11) is 0. The highest BCUT2D eigenvalue weighted by molar-refractivity contribution is 5.01. The van der Waals surface area contributed by atoms with Crippen molar-refractivity contribution in [2.24, 2.45) is 0 Å². The second kappa shape index (κ2) is 7.50. The molecule has 1 heterocycles. The summed E-state index contributed by atoms with van der Waals surface area (Å²) in [6.45, 7) is 3.56. The van der Waals surface area contributed by atoms with Crippen LogP contribution in [0.3, 0.4) is 0 Å². The van der Waals surface area contributed by atoms with E-state index in [9.17, 15) is 0 Å². The predicted octanol–water partition coefficient (Wildman–Crippen LogP) is 2.89. The summed E-state index contributed by atoms with van der Waals surface area (Å²) in [6, 6.07) is 0. The molecule has 0 aliphatic carbocycles. The van der Waals surface area contributed by atoms with Gasteiger partial charge >= 0.3 is 0 Å². The minimum absolute atomic E-state index is 0.00966. The summed E-state index contributed by atoms with van der Waals surface area (Å²) < 4.78 is 11.0. The fourth-order valence-corrected chi connectivity index (χ4v) is 1.51. The second-order valence-corrected chi connectivity index (χ2v) is 3.88. The van der Waals surface area contributed by atoms with E-state index in [-0.39, 0.29) is 6.29 Å². The van der Waals surface area contributed by atoms with Crippen molar-refractivity contribution in [3.05, 3.63) is 11.6 Å². The maximum Gasteiger partial charge on any atom is 0.157 e. The average molecular weight is 208 g/mol. The van der Waals surface area contributed by atoms with Gasteiger partial charge in [0.1, 0.15) is 0 Å². The lowest BCUT2D eigenvalue weighted by Gasteiger charge is -2.22. The second-order valence-electron chi connectivity index (χ2n) is 3.88. The fourth-order valence-electron chi connectivity index (χ4n) is 1.51. The van der Waals surface area contributed by atoms with Gasteiger partial charge in [0.2, 0.25) is 0 Å². The SMILES string of the molecule is C#CCC/C(C)=C/COC1CCCCO1. The Kier molecular flexibility index (Phi) is 6.15. The van der Waals surface area contributed by atoms with E-state index in [1.165, 1.54) is 12.0 Å². The van der Waals surface area contributed by atoms with E-state index in [2.05, 4.69) is 18.9 Å². The number of hydrogen-bond donors (Lipinski definition) is 0. The highest BCUT2D eigenvalue weighted by atomic mass is 16.7. The maximum absolute atomic E-state index is 5.58. The highest BCUT2D eigenvalue weighted by Gasteiger charge is 2.12. The van der Waals surface area contributed by atoms with E-state index < -0.39 is 0 Å². The zero-order valence-corrected chi connectivity index (χ0v) is 9.50. The third-order valence-electron chi connectivity index (χ3n) is 2.52. The van der Waals surface area contributed by atoms with Crippen LogP contribution in [0.25, 0.3) is 0 Å². The average Bonchev–Trinajstić information content (AvgIpc) is 2.28. The van der Waals surface area contributed by atoms with Gasteiger partial charge in [0.05, 0.1) is 6.61 Å². The quantitative estimate of drug-likeness (QED) is 0.511. The lowest BCUT2D eigenvalue weighted by molar-refractivity contribution is -0.155. The molecule has 2 nitrogen and oxygen atoms in total. The van der Waals surface area contributed by atoms with Crippen molar-refractivity contribution < 1.29 is 9.47 Å². The molecule has 0 saturated carbocycles. The summed E-state index contributed by atoms with van der Waals surface area (Å²) in [5, 5.41) is 0. The molecule has 1 rings (SSSR count). The molecule has 0 amide bonds. The fraction of sp³-hybridized carbons (Fsp3) is 0.692. The Bertz CT molecular complexity index is 231. The van der Waals surface area contributed by atoms with Gasteiger partial charge in [-0.3, -0.25) is 0 Å². The van der Waals surface area contributed by atoms with Crippen LogP contribution >= 0.6 is 0 Å². The minimum Gasteiger partial charge on any atom is -0.353 e. The largest absolute Gasteiger partial charge is 0.353 e. The molecule has 0 aromatic heterocycles. The minimum atomic E-state index is 0.00966. The normalized spacial score (nSPS) is 22.4. The molecule has 1 atom stereocenters. The molecule has 0 N–H and O–H groups in total. The Labute approximate surface area is 92.6 Å². The van der Waals surface area contributed by atoms with Gasteiger partial charge in [-0.05, 0) is 32.6 Å². The smallest absolute Gasteiger partial charge is 0.157 e. The summed E-state index contributed by atoms with van der Waals surface area (Å²) in [5.74, 6) is 2.63. The van der Waals surface area contributed by atoms with Crippen LogP contribution in [0.15, 0.2) is 11.6 Å². The third kappa shape index (κ3) is 5.61. The molecule has 0 spiro atoms. The van der Waals surface area contributed by atoms with Gasteiger partial charge in [0, 0.05) is 13.0 Å². The number of hydrogen-bond acceptors (Lipinski definition) is 2. The van der Waals surface area contributed by atoms with Crippen LogP contribution in [0.1, 0.15) is 39.0 Å². The Morgan fingerprint density at radius 3 is 3.13 bits per heavy atom. The van der Waals surface area contributed by atoms with E-state index in [0.717, 1.165) is 32.3 Å². The van der Waals surface area contributed by atoms with Crippen LogP contribution in [-0.2, 0) is 9.47 Å². The molecule has 1 aliphatic heterocycles. The van der Waals surface area contributed by atoms with Crippen LogP contribution in [0, 0.1) is 12.3 Å². The predicted molar refractivity (Wildman–Crippen MR) is 61.4 cm³/mol. The topological polar surface area (TPSA) is 18.5 Å². The molecular formula is C13H20O2. The van der Waals surface area contributed by atoms with E-state index in [1.807, 2.05) is 0 Å². The van der Waals surface area contributed by atoms with Crippen LogP contribution in [0.4, 0.5) is 0 Å². The van der Waals surface area contributed by atoms with Crippen LogP contribution in [0.5, 0.6) is 0 Å². The summed E-state index contributed by atoms with van der Waals surface area (Å²) in [6.07, 6.45) is 12.5. The molecule has 1 aliphatic rings. The van der Waals surface area contributed by atoms with Gasteiger partial charge in [0.15, 0.2) is 6.29 Å². The summed E-state index contributed by atoms with van der Waals surface area (Å²) >= 11 is 0. The van der Waals surface area contributed by atoms with Crippen molar-refractivity contribution in [1.29, 1.82) is 0 Å².